The van der Waals surface area contributed by atoms with Crippen molar-refractivity contribution in [1.29, 1.82) is 0 Å². The van der Waals surface area contributed by atoms with Crippen LogP contribution in [-0.2, 0) is 22.7 Å². The van der Waals surface area contributed by atoms with Crippen molar-refractivity contribution in [3.05, 3.63) is 88.5 Å². The van der Waals surface area contributed by atoms with E-state index in [1.54, 1.807) is 46.1 Å². The van der Waals surface area contributed by atoms with Crippen molar-refractivity contribution < 1.29 is 45.5 Å². The average Bonchev–Trinajstić information content (AvgIpc) is 3.64. The third-order valence-corrected chi connectivity index (χ3v) is 11.4. The molecule has 0 radical (unpaired) electrons. The van der Waals surface area contributed by atoms with Gasteiger partial charge < -0.3 is 20.3 Å². The third kappa shape index (κ3) is 6.79. The zero-order valence-corrected chi connectivity index (χ0v) is 28.3. The average molecular weight is 732 g/mol. The lowest BCUT2D eigenvalue weighted by molar-refractivity contribution is -0.205. The van der Waals surface area contributed by atoms with Crippen molar-refractivity contribution >= 4 is 17.7 Å². The molecular formula is C37H39F6N5O4. The van der Waals surface area contributed by atoms with E-state index in [-0.39, 0.29) is 107 Å². The number of nitrogens with two attached hydrogens (primary N) is 1. The van der Waals surface area contributed by atoms with E-state index in [9.17, 15) is 40.7 Å². The van der Waals surface area contributed by atoms with Gasteiger partial charge in [-0.05, 0) is 60.4 Å². The highest BCUT2D eigenvalue weighted by atomic mass is 19.4. The first kappa shape index (κ1) is 36.0. The first-order valence-corrected chi connectivity index (χ1v) is 17.4. The van der Waals surface area contributed by atoms with Gasteiger partial charge in [0.25, 0.3) is 5.91 Å². The number of halogens is 6. The summed E-state index contributed by atoms with van der Waals surface area (Å²) in [5.41, 5.74) is 5.11. The molecule has 52 heavy (non-hydrogen) atoms. The predicted octanol–water partition coefficient (Wildman–Crippen LogP) is 5.92. The molecule has 2 aliphatic carbocycles. The number of amides is 3. The molecule has 9 nitrogen and oxygen atoms in total. The van der Waals surface area contributed by atoms with E-state index >= 15 is 0 Å². The molecule has 1 atom stereocenters. The number of aromatic nitrogens is 2. The summed E-state index contributed by atoms with van der Waals surface area (Å²) in [5.74, 6) is -5.73. The molecule has 15 heteroatoms. The monoisotopic (exact) mass is 731 g/mol. The molecular weight excluding hydrogens is 692 g/mol. The van der Waals surface area contributed by atoms with Crippen LogP contribution >= 0.6 is 0 Å². The largest absolute Gasteiger partial charge is 0.403 e. The van der Waals surface area contributed by atoms with Gasteiger partial charge in [-0.25, -0.2) is 13.2 Å². The Morgan fingerprint density at radius 1 is 0.942 bits per heavy atom. The summed E-state index contributed by atoms with van der Waals surface area (Å²) >= 11 is 0. The summed E-state index contributed by atoms with van der Waals surface area (Å²) in [6.07, 6.45) is -2.29. The minimum Gasteiger partial charge on any atom is -0.376 e. The number of carbonyl (C=O) groups is 3. The van der Waals surface area contributed by atoms with Gasteiger partial charge in [0.2, 0.25) is 17.7 Å². The maximum Gasteiger partial charge on any atom is 0.403 e. The molecule has 4 aliphatic rings. The Balaban J connectivity index is 1.06. The lowest BCUT2D eigenvalue weighted by atomic mass is 9.71. The van der Waals surface area contributed by atoms with Gasteiger partial charge in [0, 0.05) is 62.1 Å². The van der Waals surface area contributed by atoms with Gasteiger partial charge in [0.05, 0.1) is 31.5 Å². The summed E-state index contributed by atoms with van der Waals surface area (Å²) in [5, 5.41) is 4.28. The molecule has 278 valence electrons. The number of alkyl halides is 5. The maximum atomic E-state index is 13.9. The van der Waals surface area contributed by atoms with E-state index in [2.05, 4.69) is 5.10 Å². The van der Waals surface area contributed by atoms with Gasteiger partial charge >= 0.3 is 6.18 Å². The number of nitrogens with zero attached hydrogens (tertiary/aromatic N) is 4. The number of likely N-dealkylation sites (tertiary alicyclic amines) is 2. The number of rotatable bonds is 10. The molecule has 2 aliphatic heterocycles. The summed E-state index contributed by atoms with van der Waals surface area (Å²) in [6, 6.07) is 11.0. The van der Waals surface area contributed by atoms with Crippen LogP contribution in [0.2, 0.25) is 0 Å². The molecule has 3 amide bonds. The van der Waals surface area contributed by atoms with E-state index in [1.807, 2.05) is 0 Å². The minimum atomic E-state index is -4.65. The fraction of sp³-hybridized carbons (Fsp3) is 0.514. The van der Waals surface area contributed by atoms with Crippen LogP contribution in [0.25, 0.3) is 0 Å². The second kappa shape index (κ2) is 13.2. The fourth-order valence-electron chi connectivity index (χ4n) is 8.24. The predicted molar refractivity (Wildman–Crippen MR) is 175 cm³/mol. The van der Waals surface area contributed by atoms with Crippen LogP contribution in [0.5, 0.6) is 0 Å². The van der Waals surface area contributed by atoms with Crippen LogP contribution < -0.4 is 5.73 Å². The molecule has 1 aromatic heterocycles. The standard InChI is InChI=1S/C37H39F6N5O4/c38-28-6-4-23(5-7-28)15-48-16-26(14-45-48)32(50)46-17-27(34(20-46)21-47(22-34)33(51)35(12-13-35)37(41,42)43)19-52-18-25-2-1-3-29(30(25)31(44)49)24-8-10-36(39,40)11-9-24/h1-7,14,16,24,27H,8-13,15,17-22H2,(H2,44,49)/t27-/m0/s1. The first-order chi connectivity index (χ1) is 24.6. The van der Waals surface area contributed by atoms with Crippen molar-refractivity contribution in [2.45, 2.75) is 69.7 Å². The van der Waals surface area contributed by atoms with E-state index in [1.165, 1.54) is 23.2 Å². The van der Waals surface area contributed by atoms with Crippen molar-refractivity contribution in [2.24, 2.45) is 22.5 Å². The molecule has 7 rings (SSSR count). The van der Waals surface area contributed by atoms with Gasteiger partial charge in [-0.2, -0.15) is 18.3 Å². The quantitative estimate of drug-likeness (QED) is 0.261. The SMILES string of the molecule is NC(=O)c1c(COC[C@@H]2CN(C(=O)c3cnn(Cc4ccc(F)cc4)c3)CC23CN(C(=O)C2(C(F)(F)F)CC2)C3)cccc1C1CCC(F)(F)CC1. The van der Waals surface area contributed by atoms with Crippen LogP contribution in [0.3, 0.4) is 0 Å². The zero-order chi connectivity index (χ0) is 37.1. The molecule has 2 aromatic carbocycles. The Labute approximate surface area is 296 Å². The highest BCUT2D eigenvalue weighted by Gasteiger charge is 2.71. The van der Waals surface area contributed by atoms with Gasteiger partial charge in [0.15, 0.2) is 0 Å². The number of hydrogen-bond donors (Lipinski definition) is 1. The Kier molecular flexibility index (Phi) is 9.15. The second-order valence-electron chi connectivity index (χ2n) is 14.9. The molecule has 1 spiro atoms. The molecule has 2 saturated carbocycles. The highest BCUT2D eigenvalue weighted by molar-refractivity contribution is 5.96. The number of hydrogen-bond acceptors (Lipinski definition) is 5. The summed E-state index contributed by atoms with van der Waals surface area (Å²) in [7, 11) is 0. The van der Waals surface area contributed by atoms with Crippen LogP contribution in [-0.4, -0.2) is 82.2 Å². The maximum absolute atomic E-state index is 13.9. The first-order valence-electron chi connectivity index (χ1n) is 17.4. The van der Waals surface area contributed by atoms with E-state index in [0.29, 0.717) is 23.2 Å². The zero-order valence-electron chi connectivity index (χ0n) is 28.3. The highest BCUT2D eigenvalue weighted by Crippen LogP contribution is 2.60. The normalized spacial score (nSPS) is 22.0. The van der Waals surface area contributed by atoms with Gasteiger partial charge in [-0.15, -0.1) is 0 Å². The van der Waals surface area contributed by atoms with E-state index in [4.69, 9.17) is 10.5 Å². The van der Waals surface area contributed by atoms with Crippen molar-refractivity contribution in [3.8, 4) is 0 Å². The van der Waals surface area contributed by atoms with Crippen LogP contribution in [0.4, 0.5) is 26.3 Å². The van der Waals surface area contributed by atoms with Gasteiger partial charge in [-0.1, -0.05) is 30.3 Å². The van der Waals surface area contributed by atoms with Gasteiger partial charge in [-0.3, -0.25) is 19.1 Å². The molecule has 0 bridgehead atoms. The summed E-state index contributed by atoms with van der Waals surface area (Å²) in [4.78, 5) is 42.3. The minimum absolute atomic E-state index is 0.0274. The van der Waals surface area contributed by atoms with E-state index < -0.39 is 34.7 Å². The molecule has 3 aromatic rings. The second-order valence-corrected chi connectivity index (χ2v) is 14.9. The lowest BCUT2D eigenvalue weighted by Gasteiger charge is -2.51. The summed E-state index contributed by atoms with van der Waals surface area (Å²) < 4.78 is 90.2. The van der Waals surface area contributed by atoms with Crippen LogP contribution in [0.1, 0.15) is 81.8 Å². The van der Waals surface area contributed by atoms with Crippen LogP contribution in [0, 0.1) is 22.6 Å². The number of carbonyl (C=O) groups excluding carboxylic acids is 3. The topological polar surface area (TPSA) is 111 Å². The summed E-state index contributed by atoms with van der Waals surface area (Å²) in [6.45, 7) is 0.754. The third-order valence-electron chi connectivity index (χ3n) is 11.4. The molecule has 2 N–H and O–H groups in total. The lowest BCUT2D eigenvalue weighted by Crippen LogP contribution is -2.65. The number of primary amides is 1. The van der Waals surface area contributed by atoms with Crippen molar-refractivity contribution in [3.63, 3.8) is 0 Å². The van der Waals surface area contributed by atoms with Gasteiger partial charge in [0.1, 0.15) is 11.2 Å². The number of benzene rings is 2. The number of ether oxygens (including phenoxy) is 1. The van der Waals surface area contributed by atoms with E-state index in [0.717, 1.165) is 5.56 Å². The molecule has 2 saturated heterocycles. The Hall–Kier alpha value is -4.40. The molecule has 0 unspecified atom stereocenters. The smallest absolute Gasteiger partial charge is 0.376 e. The molecule has 3 heterocycles. The van der Waals surface area contributed by atoms with Crippen LogP contribution in [0.15, 0.2) is 54.9 Å². The molecule has 4 fully saturated rings. The van der Waals surface area contributed by atoms with Crippen molar-refractivity contribution in [2.75, 3.05) is 32.8 Å². The fourth-order valence-corrected chi connectivity index (χ4v) is 8.24. The van der Waals surface area contributed by atoms with Crippen molar-refractivity contribution in [1.82, 2.24) is 19.6 Å². The Morgan fingerprint density at radius 3 is 2.25 bits per heavy atom. The Bertz CT molecular complexity index is 1840. The Morgan fingerprint density at radius 2 is 1.62 bits per heavy atom.